The van der Waals surface area contributed by atoms with E-state index in [1.165, 1.54) is 4.57 Å². The molecule has 0 aliphatic carbocycles. The Hall–Kier alpha value is -3.11. The molecule has 0 fully saturated rings. The fraction of sp³-hybridized carbons (Fsp3) is 0.167. The van der Waals surface area contributed by atoms with Crippen molar-refractivity contribution in [3.05, 3.63) is 49.7 Å². The zero-order valence-electron chi connectivity index (χ0n) is 12.0. The standard InChI is InChI=1S/C12H9BrN8O3/c13-7-3-1-2-4-8(7)21-11(19-23-12(21)22)9-10(18-24-17-9)15-5-6-16-20-14/h1-4H,5-6H2,(H,15,18). The van der Waals surface area contributed by atoms with Gasteiger partial charge in [0.1, 0.15) is 0 Å². The topological polar surface area (TPSA) is 148 Å². The zero-order valence-corrected chi connectivity index (χ0v) is 13.5. The van der Waals surface area contributed by atoms with Crippen LogP contribution >= 0.6 is 15.9 Å². The summed E-state index contributed by atoms with van der Waals surface area (Å²) in [6.45, 7) is 0.515. The first kappa shape index (κ1) is 15.8. The summed E-state index contributed by atoms with van der Waals surface area (Å²) < 4.78 is 11.4. The number of hydrogen-bond acceptors (Lipinski definition) is 8. The van der Waals surface area contributed by atoms with E-state index in [1.54, 1.807) is 18.2 Å². The number of hydrogen-bond donors (Lipinski definition) is 1. The van der Waals surface area contributed by atoms with Crippen LogP contribution in [-0.2, 0) is 0 Å². The second kappa shape index (κ2) is 6.98. The summed E-state index contributed by atoms with van der Waals surface area (Å²) in [5, 5.41) is 17.5. The molecule has 24 heavy (non-hydrogen) atoms. The van der Waals surface area contributed by atoms with Crippen LogP contribution in [-0.4, -0.2) is 33.1 Å². The number of halogens is 1. The number of benzene rings is 1. The molecule has 1 aromatic carbocycles. The fourth-order valence-electron chi connectivity index (χ4n) is 1.97. The van der Waals surface area contributed by atoms with Crippen molar-refractivity contribution in [2.24, 2.45) is 5.11 Å². The number of anilines is 1. The normalized spacial score (nSPS) is 10.4. The Labute approximate surface area is 142 Å². The van der Waals surface area contributed by atoms with Gasteiger partial charge in [-0.1, -0.05) is 22.4 Å². The quantitative estimate of drug-likeness (QED) is 0.292. The van der Waals surface area contributed by atoms with Crippen LogP contribution < -0.4 is 11.1 Å². The first-order valence-corrected chi connectivity index (χ1v) is 7.43. The minimum Gasteiger partial charge on any atom is -0.365 e. The van der Waals surface area contributed by atoms with Gasteiger partial charge in [-0.05, 0) is 43.9 Å². The van der Waals surface area contributed by atoms with E-state index in [9.17, 15) is 4.79 Å². The van der Waals surface area contributed by atoms with Crippen LogP contribution in [0.3, 0.4) is 0 Å². The highest BCUT2D eigenvalue weighted by molar-refractivity contribution is 9.10. The van der Waals surface area contributed by atoms with E-state index in [1.807, 2.05) is 6.07 Å². The van der Waals surface area contributed by atoms with Crippen LogP contribution in [0.4, 0.5) is 5.82 Å². The predicted octanol–water partition coefficient (Wildman–Crippen LogP) is 2.36. The lowest BCUT2D eigenvalue weighted by molar-refractivity contribution is 0.309. The molecule has 2 heterocycles. The highest BCUT2D eigenvalue weighted by Crippen LogP contribution is 2.27. The maximum absolute atomic E-state index is 12.1. The minimum atomic E-state index is -0.681. The Morgan fingerprint density at radius 1 is 1.33 bits per heavy atom. The maximum Gasteiger partial charge on any atom is 0.446 e. The van der Waals surface area contributed by atoms with E-state index in [-0.39, 0.29) is 23.9 Å². The number of nitrogens with one attached hydrogen (secondary N) is 1. The Balaban J connectivity index is 2.01. The molecule has 0 aliphatic heterocycles. The first-order chi connectivity index (χ1) is 11.7. The number of azide groups is 1. The molecule has 0 atom stereocenters. The van der Waals surface area contributed by atoms with Crippen LogP contribution in [0, 0.1) is 0 Å². The number of nitrogens with zero attached hydrogens (tertiary/aromatic N) is 7. The Morgan fingerprint density at radius 3 is 2.96 bits per heavy atom. The van der Waals surface area contributed by atoms with Gasteiger partial charge < -0.3 is 5.32 Å². The first-order valence-electron chi connectivity index (χ1n) is 6.63. The second-order valence-electron chi connectivity index (χ2n) is 4.40. The van der Waals surface area contributed by atoms with E-state index in [2.05, 4.69) is 46.7 Å². The molecule has 3 aromatic rings. The molecule has 2 aromatic heterocycles. The summed E-state index contributed by atoms with van der Waals surface area (Å²) in [6, 6.07) is 7.07. The van der Waals surface area contributed by atoms with Crippen molar-refractivity contribution in [3.8, 4) is 17.2 Å². The summed E-state index contributed by atoms with van der Waals surface area (Å²) in [5.74, 6) is -0.309. The molecular weight excluding hydrogens is 384 g/mol. The fourth-order valence-corrected chi connectivity index (χ4v) is 2.43. The van der Waals surface area contributed by atoms with Gasteiger partial charge in [-0.25, -0.2) is 14.0 Å². The second-order valence-corrected chi connectivity index (χ2v) is 5.26. The van der Waals surface area contributed by atoms with Crippen molar-refractivity contribution in [2.45, 2.75) is 0 Å². The molecular formula is C12H9BrN8O3. The monoisotopic (exact) mass is 392 g/mol. The van der Waals surface area contributed by atoms with Gasteiger partial charge in [-0.3, -0.25) is 4.52 Å². The number of rotatable bonds is 6. The third-order valence-electron chi connectivity index (χ3n) is 2.97. The molecule has 0 saturated carbocycles. The number of aromatic nitrogens is 4. The SMILES string of the molecule is [N-]=[N+]=NCCNc1nonc1-c1noc(=O)n1-c1ccccc1Br. The minimum absolute atomic E-state index is 0.124. The summed E-state index contributed by atoms with van der Waals surface area (Å²) in [7, 11) is 0. The van der Waals surface area contributed by atoms with Gasteiger partial charge in [0.25, 0.3) is 0 Å². The van der Waals surface area contributed by atoms with E-state index >= 15 is 0 Å². The van der Waals surface area contributed by atoms with E-state index < -0.39 is 5.76 Å². The van der Waals surface area contributed by atoms with Crippen LogP contribution in [0.25, 0.3) is 27.6 Å². The average Bonchev–Trinajstić information content (AvgIpc) is 3.18. The van der Waals surface area contributed by atoms with Gasteiger partial charge in [-0.15, -0.1) is 0 Å². The summed E-state index contributed by atoms with van der Waals surface area (Å²) in [6.07, 6.45) is 0. The van der Waals surface area contributed by atoms with Crippen molar-refractivity contribution in [1.82, 2.24) is 20.0 Å². The summed E-state index contributed by atoms with van der Waals surface area (Å²) in [5.41, 5.74) is 8.99. The van der Waals surface area contributed by atoms with Crippen molar-refractivity contribution >= 4 is 21.7 Å². The highest BCUT2D eigenvalue weighted by atomic mass is 79.9. The van der Waals surface area contributed by atoms with E-state index in [0.29, 0.717) is 16.7 Å². The van der Waals surface area contributed by atoms with Gasteiger partial charge in [0, 0.05) is 22.5 Å². The molecule has 11 nitrogen and oxygen atoms in total. The lowest BCUT2D eigenvalue weighted by Crippen LogP contribution is -2.14. The van der Waals surface area contributed by atoms with Gasteiger partial charge in [0.2, 0.25) is 11.6 Å². The summed E-state index contributed by atoms with van der Waals surface area (Å²) >= 11 is 3.38. The Bertz CT molecular complexity index is 955. The Morgan fingerprint density at radius 2 is 2.17 bits per heavy atom. The lowest BCUT2D eigenvalue weighted by Gasteiger charge is -2.05. The molecule has 0 amide bonds. The third-order valence-corrected chi connectivity index (χ3v) is 3.64. The molecule has 0 radical (unpaired) electrons. The van der Waals surface area contributed by atoms with Crippen LogP contribution in [0.5, 0.6) is 0 Å². The number of para-hydroxylation sites is 1. The molecule has 0 spiro atoms. The van der Waals surface area contributed by atoms with Gasteiger partial charge in [0.05, 0.1) is 5.69 Å². The van der Waals surface area contributed by atoms with Crippen LogP contribution in [0.15, 0.2) is 47.8 Å². The third kappa shape index (κ3) is 3.00. The molecule has 1 N–H and O–H groups in total. The lowest BCUT2D eigenvalue weighted by atomic mass is 10.3. The van der Waals surface area contributed by atoms with Crippen LogP contribution in [0.1, 0.15) is 0 Å². The molecule has 3 rings (SSSR count). The van der Waals surface area contributed by atoms with Crippen molar-refractivity contribution in [3.63, 3.8) is 0 Å². The van der Waals surface area contributed by atoms with Crippen molar-refractivity contribution < 1.29 is 9.15 Å². The smallest absolute Gasteiger partial charge is 0.365 e. The molecule has 0 saturated heterocycles. The summed E-state index contributed by atoms with van der Waals surface area (Å²) in [4.78, 5) is 14.7. The largest absolute Gasteiger partial charge is 0.446 e. The van der Waals surface area contributed by atoms with Crippen LogP contribution in [0.2, 0.25) is 0 Å². The van der Waals surface area contributed by atoms with Crippen molar-refractivity contribution in [1.29, 1.82) is 0 Å². The van der Waals surface area contributed by atoms with Gasteiger partial charge >= 0.3 is 5.76 Å². The van der Waals surface area contributed by atoms with E-state index in [4.69, 9.17) is 14.7 Å². The Kier molecular flexibility index (Phi) is 4.59. The molecule has 0 aliphatic rings. The molecule has 122 valence electrons. The van der Waals surface area contributed by atoms with E-state index in [0.717, 1.165) is 0 Å². The van der Waals surface area contributed by atoms with Gasteiger partial charge in [-0.2, -0.15) is 0 Å². The average molecular weight is 393 g/mol. The molecule has 0 unspecified atom stereocenters. The van der Waals surface area contributed by atoms with Crippen molar-refractivity contribution in [2.75, 3.05) is 18.4 Å². The molecule has 0 bridgehead atoms. The van der Waals surface area contributed by atoms with Gasteiger partial charge in [0.15, 0.2) is 5.69 Å². The highest BCUT2D eigenvalue weighted by Gasteiger charge is 2.23. The maximum atomic E-state index is 12.1. The predicted molar refractivity (Wildman–Crippen MR) is 85.6 cm³/mol. The molecule has 12 heteroatoms. The zero-order chi connectivity index (χ0) is 16.9.